The number of halogens is 2. The van der Waals surface area contributed by atoms with E-state index in [1.807, 2.05) is 0 Å². The molecule has 0 saturated heterocycles. The first kappa shape index (κ1) is 20.8. The molecule has 1 N–H and O–H groups in total. The Hall–Kier alpha value is -1.96. The van der Waals surface area contributed by atoms with Gasteiger partial charge < -0.3 is 5.11 Å². The summed E-state index contributed by atoms with van der Waals surface area (Å²) in [6.07, 6.45) is 0.651. The van der Waals surface area contributed by atoms with Crippen molar-refractivity contribution in [3.63, 3.8) is 0 Å². The number of nitrogens with zero attached hydrogens (tertiary/aromatic N) is 1. The van der Waals surface area contributed by atoms with Crippen molar-refractivity contribution >= 4 is 27.6 Å². The van der Waals surface area contributed by atoms with E-state index in [9.17, 15) is 17.6 Å². The fourth-order valence-electron chi connectivity index (χ4n) is 3.41. The van der Waals surface area contributed by atoms with Gasteiger partial charge in [-0.3, -0.25) is 0 Å². The number of rotatable bonds is 6. The van der Waals surface area contributed by atoms with E-state index >= 15 is 0 Å². The minimum atomic E-state index is -3.82. The molecular weight excluding hydrogens is 405 g/mol. The minimum Gasteiger partial charge on any atom is -0.478 e. The molecule has 0 unspecified atom stereocenters. The number of carbonyl (C=O) groups is 1. The Morgan fingerprint density at radius 3 is 2.14 bits per heavy atom. The Labute approximate surface area is 168 Å². The van der Waals surface area contributed by atoms with Crippen LogP contribution in [0.15, 0.2) is 53.4 Å². The minimum absolute atomic E-state index is 0.0898. The lowest BCUT2D eigenvalue weighted by atomic mass is 9.94. The molecule has 1 saturated carbocycles. The fourth-order valence-corrected chi connectivity index (χ4v) is 5.21. The SMILES string of the molecule is O=C(O)c1ccc(CN(C2CCC(F)CC2)S(=O)(=O)c2ccc(Cl)cc2)cc1. The van der Waals surface area contributed by atoms with Crippen LogP contribution in [-0.2, 0) is 16.6 Å². The molecule has 150 valence electrons. The number of hydrogen-bond acceptors (Lipinski definition) is 3. The van der Waals surface area contributed by atoms with Gasteiger partial charge >= 0.3 is 5.97 Å². The second-order valence-corrected chi connectivity index (χ2v) is 9.24. The maximum Gasteiger partial charge on any atom is 0.335 e. The quantitative estimate of drug-likeness (QED) is 0.738. The Kier molecular flexibility index (Phi) is 6.37. The van der Waals surface area contributed by atoms with Gasteiger partial charge in [0.05, 0.1) is 10.5 Å². The van der Waals surface area contributed by atoms with Crippen LogP contribution in [0.1, 0.15) is 41.6 Å². The number of aromatic carboxylic acids is 1. The molecule has 5 nitrogen and oxygen atoms in total. The third-order valence-corrected chi connectivity index (χ3v) is 7.16. The van der Waals surface area contributed by atoms with Gasteiger partial charge in [-0.25, -0.2) is 17.6 Å². The highest BCUT2D eigenvalue weighted by Crippen LogP contribution is 2.31. The van der Waals surface area contributed by atoms with E-state index in [2.05, 4.69) is 0 Å². The van der Waals surface area contributed by atoms with Gasteiger partial charge in [0.15, 0.2) is 0 Å². The molecular formula is C20H21ClFNO4S. The molecule has 0 spiro atoms. The Morgan fingerprint density at radius 2 is 1.61 bits per heavy atom. The highest BCUT2D eigenvalue weighted by Gasteiger charge is 2.34. The molecule has 1 fully saturated rings. The molecule has 3 rings (SSSR count). The monoisotopic (exact) mass is 425 g/mol. The molecule has 1 aliphatic carbocycles. The lowest BCUT2D eigenvalue weighted by molar-refractivity contribution is 0.0697. The van der Waals surface area contributed by atoms with E-state index in [1.54, 1.807) is 12.1 Å². The first-order chi connectivity index (χ1) is 13.3. The Bertz CT molecular complexity index is 924. The van der Waals surface area contributed by atoms with Crippen LogP contribution in [0.25, 0.3) is 0 Å². The highest BCUT2D eigenvalue weighted by atomic mass is 35.5. The van der Waals surface area contributed by atoms with Crippen molar-refractivity contribution in [2.45, 2.75) is 49.3 Å². The lowest BCUT2D eigenvalue weighted by Crippen LogP contribution is -2.42. The highest BCUT2D eigenvalue weighted by molar-refractivity contribution is 7.89. The predicted molar refractivity (Wildman–Crippen MR) is 105 cm³/mol. The largest absolute Gasteiger partial charge is 0.478 e. The standard InChI is InChI=1S/C20H21ClFNO4S/c21-16-5-11-19(12-6-16)28(26,27)23(18-9-7-17(22)8-10-18)13-14-1-3-15(4-2-14)20(24)25/h1-6,11-12,17-18H,7-10,13H2,(H,24,25). The average molecular weight is 426 g/mol. The van der Waals surface area contributed by atoms with E-state index in [1.165, 1.54) is 40.7 Å². The summed E-state index contributed by atoms with van der Waals surface area (Å²) in [6.45, 7) is 0.0898. The van der Waals surface area contributed by atoms with Crippen LogP contribution >= 0.6 is 11.6 Å². The van der Waals surface area contributed by atoms with E-state index in [0.29, 0.717) is 36.3 Å². The number of alkyl halides is 1. The maximum absolute atomic E-state index is 13.6. The molecule has 0 aliphatic heterocycles. The number of carboxylic acids is 1. The zero-order valence-corrected chi connectivity index (χ0v) is 16.7. The Balaban J connectivity index is 1.92. The molecule has 8 heteroatoms. The van der Waals surface area contributed by atoms with Crippen molar-refractivity contribution in [3.8, 4) is 0 Å². The molecule has 0 amide bonds. The summed E-state index contributed by atoms with van der Waals surface area (Å²) in [5.41, 5.74) is 0.804. The van der Waals surface area contributed by atoms with Crippen molar-refractivity contribution < 1.29 is 22.7 Å². The van der Waals surface area contributed by atoms with Crippen LogP contribution in [-0.4, -0.2) is 36.0 Å². The van der Waals surface area contributed by atoms with Gasteiger partial charge in [0.1, 0.15) is 6.17 Å². The molecule has 0 aromatic heterocycles. The van der Waals surface area contributed by atoms with Crippen molar-refractivity contribution in [3.05, 3.63) is 64.7 Å². The maximum atomic E-state index is 13.6. The summed E-state index contributed by atoms with van der Waals surface area (Å²) in [5.74, 6) is -1.04. The molecule has 28 heavy (non-hydrogen) atoms. The Morgan fingerprint density at radius 1 is 1.04 bits per heavy atom. The van der Waals surface area contributed by atoms with Gasteiger partial charge in [0.25, 0.3) is 0 Å². The van der Waals surface area contributed by atoms with Crippen LogP contribution in [0.4, 0.5) is 4.39 Å². The van der Waals surface area contributed by atoms with Crippen LogP contribution in [0.5, 0.6) is 0 Å². The molecule has 2 aromatic carbocycles. The number of carboxylic acid groups (broad SMARTS) is 1. The first-order valence-electron chi connectivity index (χ1n) is 9.01. The topological polar surface area (TPSA) is 74.7 Å². The summed E-state index contributed by atoms with van der Waals surface area (Å²) < 4.78 is 41.6. The molecule has 0 radical (unpaired) electrons. The van der Waals surface area contributed by atoms with Crippen molar-refractivity contribution in [2.24, 2.45) is 0 Å². The second-order valence-electron chi connectivity index (χ2n) is 6.91. The summed E-state index contributed by atoms with van der Waals surface area (Å²) in [4.78, 5) is 11.2. The van der Waals surface area contributed by atoms with E-state index < -0.39 is 22.2 Å². The molecule has 2 aromatic rings. The normalized spacial score (nSPS) is 20.2. The number of benzene rings is 2. The van der Waals surface area contributed by atoms with Gasteiger partial charge in [-0.2, -0.15) is 4.31 Å². The molecule has 1 aliphatic rings. The van der Waals surface area contributed by atoms with E-state index in [0.717, 1.165) is 0 Å². The summed E-state index contributed by atoms with van der Waals surface area (Å²) in [5, 5.41) is 9.47. The third-order valence-electron chi connectivity index (χ3n) is 4.99. The zero-order valence-electron chi connectivity index (χ0n) is 15.1. The molecule has 0 bridgehead atoms. The summed E-state index contributed by atoms with van der Waals surface area (Å²) in [7, 11) is -3.82. The first-order valence-corrected chi connectivity index (χ1v) is 10.8. The zero-order chi connectivity index (χ0) is 20.3. The van der Waals surface area contributed by atoms with Crippen LogP contribution < -0.4 is 0 Å². The van der Waals surface area contributed by atoms with Crippen LogP contribution in [0.3, 0.4) is 0 Å². The van der Waals surface area contributed by atoms with Gasteiger partial charge in [0.2, 0.25) is 10.0 Å². The smallest absolute Gasteiger partial charge is 0.335 e. The summed E-state index contributed by atoms with van der Waals surface area (Å²) in [6, 6.07) is 11.7. The van der Waals surface area contributed by atoms with Crippen molar-refractivity contribution in [1.29, 1.82) is 0 Å². The van der Waals surface area contributed by atoms with Crippen molar-refractivity contribution in [1.82, 2.24) is 4.31 Å². The molecule has 0 heterocycles. The van der Waals surface area contributed by atoms with Gasteiger partial charge in [-0.1, -0.05) is 23.7 Å². The van der Waals surface area contributed by atoms with Gasteiger partial charge in [0, 0.05) is 17.6 Å². The average Bonchev–Trinajstić information content (AvgIpc) is 2.67. The number of hydrogen-bond donors (Lipinski definition) is 1. The van der Waals surface area contributed by atoms with E-state index in [-0.39, 0.29) is 23.0 Å². The molecule has 0 atom stereocenters. The van der Waals surface area contributed by atoms with Crippen molar-refractivity contribution in [2.75, 3.05) is 0 Å². The van der Waals surface area contributed by atoms with Crippen LogP contribution in [0, 0.1) is 0 Å². The lowest BCUT2D eigenvalue weighted by Gasteiger charge is -2.34. The predicted octanol–water partition coefficient (Wildman–Crippen LogP) is 4.51. The van der Waals surface area contributed by atoms with Gasteiger partial charge in [-0.05, 0) is 67.6 Å². The number of sulfonamides is 1. The third kappa shape index (κ3) is 4.71. The van der Waals surface area contributed by atoms with Gasteiger partial charge in [-0.15, -0.1) is 0 Å². The van der Waals surface area contributed by atoms with E-state index in [4.69, 9.17) is 16.7 Å². The second kappa shape index (κ2) is 8.59. The van der Waals surface area contributed by atoms with Crippen LogP contribution in [0.2, 0.25) is 5.02 Å². The summed E-state index contributed by atoms with van der Waals surface area (Å²) >= 11 is 5.88. The fraction of sp³-hybridized carbons (Fsp3) is 0.350.